The molecule has 1 heterocycles. The van der Waals surface area contributed by atoms with Crippen LogP contribution in [0.5, 0.6) is 0 Å². The molecule has 0 saturated heterocycles. The molecule has 1 aromatic carbocycles. The Bertz CT molecular complexity index is 701. The van der Waals surface area contributed by atoms with Crippen molar-refractivity contribution >= 4 is 39.1 Å². The minimum atomic E-state index is -0.240. The fraction of sp³-hybridized carbons (Fsp3) is 0.133. The maximum Gasteiger partial charge on any atom is 0.257 e. The summed E-state index contributed by atoms with van der Waals surface area (Å²) in [7, 11) is 0. The van der Waals surface area contributed by atoms with E-state index in [1.54, 1.807) is 30.5 Å². The Morgan fingerprint density at radius 2 is 1.90 bits per heavy atom. The van der Waals surface area contributed by atoms with Gasteiger partial charge in [0.05, 0.1) is 5.56 Å². The molecule has 0 atom stereocenters. The summed E-state index contributed by atoms with van der Waals surface area (Å²) < 4.78 is 0.743. The molecule has 0 spiro atoms. The van der Waals surface area contributed by atoms with E-state index in [-0.39, 0.29) is 11.8 Å². The van der Waals surface area contributed by atoms with Crippen LogP contribution in [0, 0.1) is 6.92 Å². The van der Waals surface area contributed by atoms with Crippen molar-refractivity contribution in [2.75, 3.05) is 10.6 Å². The standard InChI is InChI=1S/C15H14BrN3O2/c1-9-5-13(3-4-14(9)18-10(2)20)19-15(21)11-6-12(16)8-17-7-11/h3-8H,1-2H3,(H,18,20)(H,19,21). The van der Waals surface area contributed by atoms with Gasteiger partial charge in [0.2, 0.25) is 5.91 Å². The highest BCUT2D eigenvalue weighted by molar-refractivity contribution is 9.10. The minimum Gasteiger partial charge on any atom is -0.326 e. The molecule has 0 aliphatic carbocycles. The second-order valence-corrected chi connectivity index (χ2v) is 5.47. The maximum atomic E-state index is 12.1. The average molecular weight is 348 g/mol. The molecule has 2 N–H and O–H groups in total. The highest BCUT2D eigenvalue weighted by atomic mass is 79.9. The van der Waals surface area contributed by atoms with Gasteiger partial charge in [-0.1, -0.05) is 0 Å². The Balaban J connectivity index is 2.15. The van der Waals surface area contributed by atoms with Crippen molar-refractivity contribution in [3.8, 4) is 0 Å². The number of nitrogens with one attached hydrogen (secondary N) is 2. The molecule has 0 bridgehead atoms. The molecular weight excluding hydrogens is 334 g/mol. The number of nitrogens with zero attached hydrogens (tertiary/aromatic N) is 1. The van der Waals surface area contributed by atoms with Gasteiger partial charge in [0, 0.05) is 35.2 Å². The lowest BCUT2D eigenvalue weighted by molar-refractivity contribution is -0.114. The molecule has 0 aliphatic heterocycles. The summed E-state index contributed by atoms with van der Waals surface area (Å²) in [4.78, 5) is 27.1. The Morgan fingerprint density at radius 1 is 1.14 bits per heavy atom. The highest BCUT2D eigenvalue weighted by Crippen LogP contribution is 2.20. The van der Waals surface area contributed by atoms with Gasteiger partial charge >= 0.3 is 0 Å². The minimum absolute atomic E-state index is 0.130. The first-order valence-corrected chi connectivity index (χ1v) is 7.05. The summed E-state index contributed by atoms with van der Waals surface area (Å²) in [5, 5.41) is 5.52. The number of hydrogen-bond donors (Lipinski definition) is 2. The van der Waals surface area contributed by atoms with Crippen LogP contribution in [0.3, 0.4) is 0 Å². The number of aromatic nitrogens is 1. The molecule has 0 unspecified atom stereocenters. The molecule has 21 heavy (non-hydrogen) atoms. The third kappa shape index (κ3) is 4.13. The van der Waals surface area contributed by atoms with E-state index in [4.69, 9.17) is 0 Å². The number of rotatable bonds is 3. The first kappa shape index (κ1) is 15.2. The fourth-order valence-electron chi connectivity index (χ4n) is 1.81. The molecule has 2 rings (SSSR count). The highest BCUT2D eigenvalue weighted by Gasteiger charge is 2.08. The number of benzene rings is 1. The monoisotopic (exact) mass is 347 g/mol. The van der Waals surface area contributed by atoms with Crippen LogP contribution in [-0.4, -0.2) is 16.8 Å². The Kier molecular flexibility index (Phi) is 4.70. The Morgan fingerprint density at radius 3 is 2.52 bits per heavy atom. The fourth-order valence-corrected chi connectivity index (χ4v) is 2.18. The van der Waals surface area contributed by atoms with E-state index in [1.807, 2.05) is 6.92 Å². The zero-order valence-electron chi connectivity index (χ0n) is 11.6. The van der Waals surface area contributed by atoms with Crippen LogP contribution in [0.15, 0.2) is 41.1 Å². The number of halogens is 1. The van der Waals surface area contributed by atoms with Crippen molar-refractivity contribution < 1.29 is 9.59 Å². The van der Waals surface area contributed by atoms with E-state index in [2.05, 4.69) is 31.5 Å². The summed E-state index contributed by atoms with van der Waals surface area (Å²) in [6, 6.07) is 6.99. The second kappa shape index (κ2) is 6.49. The van der Waals surface area contributed by atoms with E-state index >= 15 is 0 Å². The molecule has 0 fully saturated rings. The van der Waals surface area contributed by atoms with Crippen LogP contribution in [0.1, 0.15) is 22.8 Å². The molecule has 0 saturated carbocycles. The predicted molar refractivity (Wildman–Crippen MR) is 85.4 cm³/mol. The van der Waals surface area contributed by atoms with Crippen LogP contribution >= 0.6 is 15.9 Å². The lowest BCUT2D eigenvalue weighted by atomic mass is 10.1. The molecule has 2 aromatic rings. The van der Waals surface area contributed by atoms with Gasteiger partial charge < -0.3 is 10.6 Å². The number of anilines is 2. The molecule has 6 heteroatoms. The Hall–Kier alpha value is -2.21. The molecule has 2 amide bonds. The van der Waals surface area contributed by atoms with Gasteiger partial charge in [-0.05, 0) is 52.7 Å². The molecule has 0 aliphatic rings. The van der Waals surface area contributed by atoms with Crippen LogP contribution < -0.4 is 10.6 Å². The third-order valence-corrected chi connectivity index (χ3v) is 3.20. The summed E-state index contributed by atoms with van der Waals surface area (Å²) >= 11 is 3.28. The van der Waals surface area contributed by atoms with E-state index in [0.29, 0.717) is 11.3 Å². The predicted octanol–water partition coefficient (Wildman–Crippen LogP) is 3.36. The lowest BCUT2D eigenvalue weighted by Gasteiger charge is -2.10. The lowest BCUT2D eigenvalue weighted by Crippen LogP contribution is -2.13. The van der Waals surface area contributed by atoms with Crippen molar-refractivity contribution in [2.24, 2.45) is 0 Å². The van der Waals surface area contributed by atoms with E-state index in [1.165, 1.54) is 13.1 Å². The summed E-state index contributed by atoms with van der Waals surface area (Å²) in [6.07, 6.45) is 3.11. The molecular formula is C15H14BrN3O2. The van der Waals surface area contributed by atoms with Gasteiger partial charge in [-0.2, -0.15) is 0 Å². The zero-order valence-corrected chi connectivity index (χ0v) is 13.2. The first-order valence-electron chi connectivity index (χ1n) is 6.26. The van der Waals surface area contributed by atoms with Crippen LogP contribution in [0.4, 0.5) is 11.4 Å². The second-order valence-electron chi connectivity index (χ2n) is 4.56. The van der Waals surface area contributed by atoms with Crippen molar-refractivity contribution in [1.29, 1.82) is 0 Å². The molecule has 108 valence electrons. The quantitative estimate of drug-likeness (QED) is 0.894. The van der Waals surface area contributed by atoms with Gasteiger partial charge in [0.25, 0.3) is 5.91 Å². The summed E-state index contributed by atoms with van der Waals surface area (Å²) in [5.74, 6) is -0.370. The van der Waals surface area contributed by atoms with Gasteiger partial charge in [-0.25, -0.2) is 0 Å². The Labute approximate surface area is 130 Å². The zero-order chi connectivity index (χ0) is 15.4. The number of hydrogen-bond acceptors (Lipinski definition) is 3. The molecule has 1 aromatic heterocycles. The number of aryl methyl sites for hydroxylation is 1. The first-order chi connectivity index (χ1) is 9.95. The number of amides is 2. The third-order valence-electron chi connectivity index (χ3n) is 2.76. The molecule has 5 nitrogen and oxygen atoms in total. The number of pyridine rings is 1. The van der Waals surface area contributed by atoms with Gasteiger partial charge in [-0.3, -0.25) is 14.6 Å². The van der Waals surface area contributed by atoms with E-state index < -0.39 is 0 Å². The van der Waals surface area contributed by atoms with Crippen LogP contribution in [0.2, 0.25) is 0 Å². The van der Waals surface area contributed by atoms with E-state index in [9.17, 15) is 9.59 Å². The maximum absolute atomic E-state index is 12.1. The average Bonchev–Trinajstić information content (AvgIpc) is 2.41. The summed E-state index contributed by atoms with van der Waals surface area (Å²) in [6.45, 7) is 3.32. The van der Waals surface area contributed by atoms with Crippen molar-refractivity contribution in [3.63, 3.8) is 0 Å². The number of carbonyl (C=O) groups excluding carboxylic acids is 2. The van der Waals surface area contributed by atoms with Crippen LogP contribution in [0.25, 0.3) is 0 Å². The van der Waals surface area contributed by atoms with Gasteiger partial charge in [0.1, 0.15) is 0 Å². The topological polar surface area (TPSA) is 71.1 Å². The smallest absolute Gasteiger partial charge is 0.257 e. The normalized spacial score (nSPS) is 10.0. The van der Waals surface area contributed by atoms with Gasteiger partial charge in [-0.15, -0.1) is 0 Å². The van der Waals surface area contributed by atoms with Crippen molar-refractivity contribution in [1.82, 2.24) is 4.98 Å². The van der Waals surface area contributed by atoms with Crippen molar-refractivity contribution in [3.05, 3.63) is 52.3 Å². The summed E-state index contributed by atoms with van der Waals surface area (Å²) in [5.41, 5.74) is 2.72. The molecule has 0 radical (unpaired) electrons. The van der Waals surface area contributed by atoms with Crippen molar-refractivity contribution in [2.45, 2.75) is 13.8 Å². The van der Waals surface area contributed by atoms with E-state index in [0.717, 1.165) is 15.7 Å². The van der Waals surface area contributed by atoms with Gasteiger partial charge in [0.15, 0.2) is 0 Å². The largest absolute Gasteiger partial charge is 0.326 e. The van der Waals surface area contributed by atoms with Crippen LogP contribution in [-0.2, 0) is 4.79 Å². The SMILES string of the molecule is CC(=O)Nc1ccc(NC(=O)c2cncc(Br)c2)cc1C. The number of carbonyl (C=O) groups is 2.